The predicted molar refractivity (Wildman–Crippen MR) is 63.9 cm³/mol. The number of carbonyl (C=O) groups is 1. The number of aromatic nitrogens is 2. The molecule has 1 atom stereocenters. The molecule has 0 saturated carbocycles. The van der Waals surface area contributed by atoms with Gasteiger partial charge in [-0.05, 0) is 12.8 Å². The maximum atomic E-state index is 12.2. The summed E-state index contributed by atoms with van der Waals surface area (Å²) >= 11 is 0. The number of hydrogen-bond acceptors (Lipinski definition) is 4. The van der Waals surface area contributed by atoms with Crippen molar-refractivity contribution in [2.45, 2.75) is 25.5 Å². The van der Waals surface area contributed by atoms with Crippen molar-refractivity contribution in [1.82, 2.24) is 15.1 Å². The molecule has 0 bridgehead atoms. The summed E-state index contributed by atoms with van der Waals surface area (Å²) in [5, 5.41) is 6.67. The number of nitrogens with zero attached hydrogens (tertiary/aromatic N) is 2. The van der Waals surface area contributed by atoms with Crippen LogP contribution in [-0.2, 0) is 11.3 Å². The van der Waals surface area contributed by atoms with Crippen LogP contribution in [0.15, 0.2) is 6.20 Å². The molecule has 1 saturated heterocycles. The van der Waals surface area contributed by atoms with Crippen molar-refractivity contribution in [2.24, 2.45) is 0 Å². The largest absolute Gasteiger partial charge is 0.396 e. The molecule has 1 amide bonds. The predicted octanol–water partition coefficient (Wildman–Crippen LogP) is 0.344. The monoisotopic (exact) mass is 256 g/mol. The summed E-state index contributed by atoms with van der Waals surface area (Å²) in [7, 11) is 0. The Morgan fingerprint density at radius 3 is 3.22 bits per heavy atom. The molecule has 18 heavy (non-hydrogen) atoms. The molecule has 1 aromatic heterocycles. The van der Waals surface area contributed by atoms with Crippen LogP contribution in [0.3, 0.4) is 0 Å². The van der Waals surface area contributed by atoms with Crippen molar-refractivity contribution in [3.8, 4) is 0 Å². The molecule has 1 unspecified atom stereocenters. The van der Waals surface area contributed by atoms with Crippen LogP contribution in [0.2, 0.25) is 0 Å². The van der Waals surface area contributed by atoms with E-state index in [4.69, 9.17) is 10.5 Å². The Labute approximate surface area is 104 Å². The second-order valence-corrected chi connectivity index (χ2v) is 4.23. The number of anilines is 1. The number of nitrogen functional groups attached to an aromatic ring is 1. The maximum absolute atomic E-state index is 12.2. The van der Waals surface area contributed by atoms with E-state index in [0.717, 1.165) is 19.4 Å². The Morgan fingerprint density at radius 2 is 2.56 bits per heavy atom. The molecule has 0 radical (unpaired) electrons. The van der Waals surface area contributed by atoms with E-state index in [-0.39, 0.29) is 29.9 Å². The van der Waals surface area contributed by atoms with Crippen LogP contribution in [0.5, 0.6) is 0 Å². The van der Waals surface area contributed by atoms with Gasteiger partial charge in [-0.3, -0.25) is 9.48 Å². The third kappa shape index (κ3) is 2.98. The van der Waals surface area contributed by atoms with Gasteiger partial charge < -0.3 is 15.8 Å². The summed E-state index contributed by atoms with van der Waals surface area (Å²) in [4.78, 5) is 11.8. The molecule has 1 aliphatic rings. The van der Waals surface area contributed by atoms with Crippen LogP contribution in [0.1, 0.15) is 23.3 Å². The zero-order valence-corrected chi connectivity index (χ0v) is 10.1. The van der Waals surface area contributed by atoms with Crippen LogP contribution >= 0.6 is 0 Å². The van der Waals surface area contributed by atoms with E-state index in [1.165, 1.54) is 10.9 Å². The minimum absolute atomic E-state index is 0.0723. The highest BCUT2D eigenvalue weighted by molar-refractivity contribution is 5.96. The van der Waals surface area contributed by atoms with Gasteiger partial charge in [-0.25, -0.2) is 4.39 Å². The molecule has 1 aliphatic heterocycles. The van der Waals surface area contributed by atoms with E-state index in [0.29, 0.717) is 6.54 Å². The molecule has 6 nitrogen and oxygen atoms in total. The second kappa shape index (κ2) is 5.81. The zero-order valence-electron chi connectivity index (χ0n) is 10.1. The second-order valence-electron chi connectivity index (χ2n) is 4.23. The lowest BCUT2D eigenvalue weighted by Crippen LogP contribution is -2.32. The van der Waals surface area contributed by atoms with E-state index >= 15 is 0 Å². The minimum Gasteiger partial charge on any atom is -0.396 e. The number of ether oxygens (including phenoxy) is 1. The lowest BCUT2D eigenvalue weighted by Gasteiger charge is -2.09. The highest BCUT2D eigenvalue weighted by Gasteiger charge is 2.19. The minimum atomic E-state index is -0.544. The Morgan fingerprint density at radius 1 is 1.72 bits per heavy atom. The van der Waals surface area contributed by atoms with E-state index in [1.807, 2.05) is 0 Å². The lowest BCUT2D eigenvalue weighted by molar-refractivity contribution is 0.0853. The maximum Gasteiger partial charge on any atom is 0.274 e. The van der Waals surface area contributed by atoms with E-state index in [2.05, 4.69) is 10.4 Å². The average Bonchev–Trinajstić information content (AvgIpc) is 2.96. The van der Waals surface area contributed by atoms with Crippen LogP contribution in [-0.4, -0.2) is 41.6 Å². The standard InChI is InChI=1S/C11H17FN4O2/c12-3-4-16-7-9(13)10(15-16)11(17)14-6-8-2-1-5-18-8/h7-8H,1-6,13H2,(H,14,17). The fourth-order valence-electron chi connectivity index (χ4n) is 1.91. The first kappa shape index (κ1) is 12.8. The SMILES string of the molecule is Nc1cn(CCF)nc1C(=O)NCC1CCCO1. The van der Waals surface area contributed by atoms with E-state index < -0.39 is 6.67 Å². The lowest BCUT2D eigenvalue weighted by atomic mass is 10.2. The molecule has 0 aliphatic carbocycles. The summed E-state index contributed by atoms with van der Waals surface area (Å²) in [6.45, 7) is 0.753. The number of carbonyl (C=O) groups excluding carboxylic acids is 1. The quantitative estimate of drug-likeness (QED) is 0.796. The van der Waals surface area contributed by atoms with Crippen molar-refractivity contribution in [1.29, 1.82) is 0 Å². The molecule has 0 spiro atoms. The van der Waals surface area contributed by atoms with Crippen LogP contribution < -0.4 is 11.1 Å². The van der Waals surface area contributed by atoms with Gasteiger partial charge in [0.05, 0.1) is 18.3 Å². The first-order valence-electron chi connectivity index (χ1n) is 5.99. The number of aryl methyl sites for hydroxylation is 1. The Balaban J connectivity index is 1.91. The van der Waals surface area contributed by atoms with Gasteiger partial charge in [-0.15, -0.1) is 0 Å². The fraction of sp³-hybridized carbons (Fsp3) is 0.636. The van der Waals surface area contributed by atoms with Crippen molar-refractivity contribution in [2.75, 3.05) is 25.6 Å². The van der Waals surface area contributed by atoms with Gasteiger partial charge in [0.25, 0.3) is 5.91 Å². The molecule has 100 valence electrons. The van der Waals surface area contributed by atoms with Gasteiger partial charge in [-0.2, -0.15) is 5.10 Å². The van der Waals surface area contributed by atoms with Gasteiger partial charge in [0, 0.05) is 19.3 Å². The normalized spacial score (nSPS) is 19.1. The van der Waals surface area contributed by atoms with Crippen molar-refractivity contribution < 1.29 is 13.9 Å². The molecular weight excluding hydrogens is 239 g/mol. The van der Waals surface area contributed by atoms with Crippen molar-refractivity contribution in [3.63, 3.8) is 0 Å². The van der Waals surface area contributed by atoms with Crippen LogP contribution in [0, 0.1) is 0 Å². The highest BCUT2D eigenvalue weighted by atomic mass is 19.1. The van der Waals surface area contributed by atoms with Gasteiger partial charge in [0.2, 0.25) is 0 Å². The number of rotatable bonds is 5. The molecule has 3 N–H and O–H groups in total. The van der Waals surface area contributed by atoms with Crippen LogP contribution in [0.25, 0.3) is 0 Å². The number of nitrogens with one attached hydrogen (secondary N) is 1. The van der Waals surface area contributed by atoms with Crippen molar-refractivity contribution in [3.05, 3.63) is 11.9 Å². The Hall–Kier alpha value is -1.63. The fourth-order valence-corrected chi connectivity index (χ4v) is 1.91. The number of hydrogen-bond donors (Lipinski definition) is 2. The number of halogens is 1. The number of nitrogens with two attached hydrogens (primary N) is 1. The van der Waals surface area contributed by atoms with Gasteiger partial charge >= 0.3 is 0 Å². The molecule has 2 rings (SSSR count). The number of amides is 1. The zero-order chi connectivity index (χ0) is 13.0. The number of alkyl halides is 1. The summed E-state index contributed by atoms with van der Waals surface area (Å²) in [6, 6.07) is 0. The van der Waals surface area contributed by atoms with Crippen molar-refractivity contribution >= 4 is 11.6 Å². The van der Waals surface area contributed by atoms with E-state index in [1.54, 1.807) is 0 Å². The van der Waals surface area contributed by atoms with E-state index in [9.17, 15) is 9.18 Å². The molecule has 1 fully saturated rings. The first-order valence-corrected chi connectivity index (χ1v) is 5.99. The van der Waals surface area contributed by atoms with Gasteiger partial charge in [0.15, 0.2) is 5.69 Å². The summed E-state index contributed by atoms with van der Waals surface area (Å²) in [5.74, 6) is -0.347. The smallest absolute Gasteiger partial charge is 0.274 e. The average molecular weight is 256 g/mol. The van der Waals surface area contributed by atoms with Gasteiger partial charge in [-0.1, -0.05) is 0 Å². The third-order valence-corrected chi connectivity index (χ3v) is 2.83. The van der Waals surface area contributed by atoms with Crippen LogP contribution in [0.4, 0.5) is 10.1 Å². The highest BCUT2D eigenvalue weighted by Crippen LogP contribution is 2.12. The molecule has 0 aromatic carbocycles. The Bertz CT molecular complexity index is 415. The Kier molecular flexibility index (Phi) is 4.14. The van der Waals surface area contributed by atoms with Gasteiger partial charge in [0.1, 0.15) is 6.67 Å². The summed E-state index contributed by atoms with van der Waals surface area (Å²) < 4.78 is 18.9. The third-order valence-electron chi connectivity index (χ3n) is 2.83. The summed E-state index contributed by atoms with van der Waals surface area (Å²) in [5.41, 5.74) is 6.06. The molecule has 7 heteroatoms. The topological polar surface area (TPSA) is 82.2 Å². The molecule has 2 heterocycles. The summed E-state index contributed by atoms with van der Waals surface area (Å²) in [6.07, 6.45) is 3.50. The molecule has 1 aromatic rings. The molecular formula is C11H17FN4O2. The first-order chi connectivity index (χ1) is 8.70.